The summed E-state index contributed by atoms with van der Waals surface area (Å²) in [6.45, 7) is 2.26. The quantitative estimate of drug-likeness (QED) is 0.811. The van der Waals surface area contributed by atoms with Crippen molar-refractivity contribution in [3.63, 3.8) is 0 Å². The molecule has 2 rings (SSSR count). The van der Waals surface area contributed by atoms with E-state index in [2.05, 4.69) is 27.8 Å². The van der Waals surface area contributed by atoms with Crippen molar-refractivity contribution < 1.29 is 5.11 Å². The van der Waals surface area contributed by atoms with Crippen molar-refractivity contribution in [3.05, 3.63) is 28.5 Å². The van der Waals surface area contributed by atoms with Gasteiger partial charge in [-0.25, -0.2) is 0 Å². The van der Waals surface area contributed by atoms with E-state index in [-0.39, 0.29) is 6.10 Å². The number of aromatic nitrogens is 1. The summed E-state index contributed by atoms with van der Waals surface area (Å²) in [5.74, 6) is 1.38. The second-order valence-corrected chi connectivity index (χ2v) is 7.08. The highest BCUT2D eigenvalue weighted by Crippen LogP contribution is 2.34. The van der Waals surface area contributed by atoms with Gasteiger partial charge in [0.15, 0.2) is 0 Å². The number of nitrogens with zero attached hydrogens (tertiary/aromatic N) is 1. The van der Waals surface area contributed by atoms with Crippen LogP contribution in [0.3, 0.4) is 0 Å². The van der Waals surface area contributed by atoms with Crippen LogP contribution >= 0.6 is 15.9 Å². The van der Waals surface area contributed by atoms with Crippen LogP contribution in [0.1, 0.15) is 57.6 Å². The van der Waals surface area contributed by atoms with Gasteiger partial charge in [-0.1, -0.05) is 39.0 Å². The average Bonchev–Trinajstić information content (AvgIpc) is 2.48. The van der Waals surface area contributed by atoms with E-state index in [0.717, 1.165) is 16.1 Å². The van der Waals surface area contributed by atoms with Crippen LogP contribution in [0.2, 0.25) is 0 Å². The standard InChI is InChI=1S/C17H26BrNO/c1-2-3-4-13-5-7-14(8-6-13)17(20)11-16-10-9-15(18)12-19-16/h9-10,12-14,17,20H,2-8,11H2,1H3. The van der Waals surface area contributed by atoms with Crippen LogP contribution in [-0.4, -0.2) is 16.2 Å². The minimum absolute atomic E-state index is 0.226. The third-order valence-electron chi connectivity index (χ3n) is 4.61. The summed E-state index contributed by atoms with van der Waals surface area (Å²) in [5, 5.41) is 10.4. The SMILES string of the molecule is CCCCC1CCC(C(O)Cc2ccc(Br)cn2)CC1. The third kappa shape index (κ3) is 4.85. The van der Waals surface area contributed by atoms with Crippen LogP contribution in [0.15, 0.2) is 22.8 Å². The Bertz CT molecular complexity index is 384. The second kappa shape index (κ2) is 8.14. The first-order valence-electron chi connectivity index (χ1n) is 7.97. The summed E-state index contributed by atoms with van der Waals surface area (Å²) >= 11 is 3.39. The molecule has 2 nitrogen and oxygen atoms in total. The number of rotatable bonds is 6. The number of pyridine rings is 1. The van der Waals surface area contributed by atoms with Crippen molar-refractivity contribution >= 4 is 15.9 Å². The number of aliphatic hydroxyl groups excluding tert-OH is 1. The van der Waals surface area contributed by atoms with Gasteiger partial charge in [-0.3, -0.25) is 4.98 Å². The Morgan fingerprint density at radius 1 is 1.30 bits per heavy atom. The monoisotopic (exact) mass is 339 g/mol. The van der Waals surface area contributed by atoms with Crippen LogP contribution in [0.4, 0.5) is 0 Å². The molecule has 0 spiro atoms. The lowest BCUT2D eigenvalue weighted by Gasteiger charge is -2.31. The van der Waals surface area contributed by atoms with Gasteiger partial charge in [-0.2, -0.15) is 0 Å². The van der Waals surface area contributed by atoms with Crippen LogP contribution < -0.4 is 0 Å². The average molecular weight is 340 g/mol. The molecule has 1 N–H and O–H groups in total. The minimum Gasteiger partial charge on any atom is -0.392 e. The maximum absolute atomic E-state index is 10.4. The fourth-order valence-electron chi connectivity index (χ4n) is 3.26. The first-order chi connectivity index (χ1) is 9.69. The zero-order valence-electron chi connectivity index (χ0n) is 12.4. The van der Waals surface area contributed by atoms with Crippen LogP contribution in [0.5, 0.6) is 0 Å². The molecule has 0 amide bonds. The molecule has 0 bridgehead atoms. The molecule has 1 aromatic heterocycles. The Labute approximate surface area is 131 Å². The first-order valence-corrected chi connectivity index (χ1v) is 8.76. The predicted molar refractivity (Wildman–Crippen MR) is 86.6 cm³/mol. The van der Waals surface area contributed by atoms with Crippen molar-refractivity contribution in [2.75, 3.05) is 0 Å². The topological polar surface area (TPSA) is 33.1 Å². The molecule has 20 heavy (non-hydrogen) atoms. The smallest absolute Gasteiger partial charge is 0.0623 e. The summed E-state index contributed by atoms with van der Waals surface area (Å²) < 4.78 is 0.993. The van der Waals surface area contributed by atoms with Crippen molar-refractivity contribution in [2.24, 2.45) is 11.8 Å². The summed E-state index contributed by atoms with van der Waals surface area (Å²) in [6.07, 6.45) is 11.3. The molecular weight excluding hydrogens is 314 g/mol. The van der Waals surface area contributed by atoms with Gasteiger partial charge in [0.1, 0.15) is 0 Å². The van der Waals surface area contributed by atoms with E-state index in [1.807, 2.05) is 18.3 Å². The Morgan fingerprint density at radius 2 is 2.05 bits per heavy atom. The molecule has 1 unspecified atom stereocenters. The number of hydrogen-bond acceptors (Lipinski definition) is 2. The maximum atomic E-state index is 10.4. The molecule has 1 atom stereocenters. The van der Waals surface area contributed by atoms with Gasteiger partial charge in [0.25, 0.3) is 0 Å². The fourth-order valence-corrected chi connectivity index (χ4v) is 3.50. The molecule has 0 aromatic carbocycles. The predicted octanol–water partition coefficient (Wildman–Crippen LogP) is 4.74. The first kappa shape index (κ1) is 16.0. The van der Waals surface area contributed by atoms with Crippen LogP contribution in [-0.2, 0) is 6.42 Å². The molecule has 0 radical (unpaired) electrons. The van der Waals surface area contributed by atoms with Crippen molar-refractivity contribution in [1.29, 1.82) is 0 Å². The number of hydrogen-bond donors (Lipinski definition) is 1. The van der Waals surface area contributed by atoms with Gasteiger partial charge in [-0.05, 0) is 52.7 Å². The molecule has 1 fully saturated rings. The largest absolute Gasteiger partial charge is 0.392 e. The van der Waals surface area contributed by atoms with E-state index in [1.54, 1.807) is 0 Å². The molecule has 3 heteroatoms. The summed E-state index contributed by atoms with van der Waals surface area (Å²) in [5.41, 5.74) is 0.994. The van der Waals surface area contributed by atoms with E-state index in [1.165, 1.54) is 44.9 Å². The summed E-state index contributed by atoms with van der Waals surface area (Å²) in [6, 6.07) is 4.00. The van der Waals surface area contributed by atoms with E-state index < -0.39 is 0 Å². The lowest BCUT2D eigenvalue weighted by atomic mass is 9.77. The van der Waals surface area contributed by atoms with Gasteiger partial charge in [-0.15, -0.1) is 0 Å². The van der Waals surface area contributed by atoms with Crippen molar-refractivity contribution in [1.82, 2.24) is 4.98 Å². The van der Waals surface area contributed by atoms with Crippen molar-refractivity contribution in [3.8, 4) is 0 Å². The maximum Gasteiger partial charge on any atom is 0.0623 e. The summed E-state index contributed by atoms with van der Waals surface area (Å²) in [4.78, 5) is 4.36. The number of halogens is 1. The zero-order valence-corrected chi connectivity index (χ0v) is 14.0. The second-order valence-electron chi connectivity index (χ2n) is 6.16. The van der Waals surface area contributed by atoms with E-state index >= 15 is 0 Å². The lowest BCUT2D eigenvalue weighted by molar-refractivity contribution is 0.0719. The van der Waals surface area contributed by atoms with Gasteiger partial charge in [0, 0.05) is 22.8 Å². The highest BCUT2D eigenvalue weighted by molar-refractivity contribution is 9.10. The third-order valence-corrected chi connectivity index (χ3v) is 5.08. The van der Waals surface area contributed by atoms with Gasteiger partial charge >= 0.3 is 0 Å². The molecular formula is C17H26BrNO. The Hall–Kier alpha value is -0.410. The molecule has 112 valence electrons. The minimum atomic E-state index is -0.226. The highest BCUT2D eigenvalue weighted by Gasteiger charge is 2.26. The number of unbranched alkanes of at least 4 members (excludes halogenated alkanes) is 1. The fraction of sp³-hybridized carbons (Fsp3) is 0.706. The Kier molecular flexibility index (Phi) is 6.50. The van der Waals surface area contributed by atoms with E-state index in [0.29, 0.717) is 12.3 Å². The van der Waals surface area contributed by atoms with E-state index in [9.17, 15) is 5.11 Å². The highest BCUT2D eigenvalue weighted by atomic mass is 79.9. The zero-order chi connectivity index (χ0) is 14.4. The molecule has 1 aliphatic carbocycles. The van der Waals surface area contributed by atoms with Crippen LogP contribution in [0.25, 0.3) is 0 Å². The Morgan fingerprint density at radius 3 is 2.65 bits per heavy atom. The van der Waals surface area contributed by atoms with Gasteiger partial charge in [0.05, 0.1) is 6.10 Å². The molecule has 1 aliphatic rings. The number of aliphatic hydroxyl groups is 1. The molecule has 0 saturated heterocycles. The summed E-state index contributed by atoms with van der Waals surface area (Å²) in [7, 11) is 0. The lowest BCUT2D eigenvalue weighted by Crippen LogP contribution is -2.27. The van der Waals surface area contributed by atoms with Gasteiger partial charge in [0.2, 0.25) is 0 Å². The molecule has 0 aliphatic heterocycles. The van der Waals surface area contributed by atoms with Gasteiger partial charge < -0.3 is 5.11 Å². The van der Waals surface area contributed by atoms with E-state index in [4.69, 9.17) is 0 Å². The normalized spacial score (nSPS) is 24.6. The molecule has 1 saturated carbocycles. The van der Waals surface area contributed by atoms with Crippen molar-refractivity contribution in [2.45, 2.75) is 64.4 Å². The molecule has 1 heterocycles. The molecule has 1 aromatic rings. The van der Waals surface area contributed by atoms with Crippen LogP contribution in [0, 0.1) is 11.8 Å². The Balaban J connectivity index is 1.76.